The first-order valence-electron chi connectivity index (χ1n) is 3.56. The molecule has 0 radical (unpaired) electrons. The summed E-state index contributed by atoms with van der Waals surface area (Å²) in [6, 6.07) is 0.692. The van der Waals surface area contributed by atoms with Crippen LogP contribution in [-0.4, -0.2) is 15.7 Å². The summed E-state index contributed by atoms with van der Waals surface area (Å²) in [6.45, 7) is 1.53. The predicted octanol–water partition coefficient (Wildman–Crippen LogP) is -0.106. The molecule has 1 aromatic rings. The van der Waals surface area contributed by atoms with E-state index in [1.54, 1.807) is 0 Å². The Morgan fingerprint density at radius 3 is 2.85 bits per heavy atom. The van der Waals surface area contributed by atoms with Crippen LogP contribution in [0, 0.1) is 3.57 Å². The van der Waals surface area contributed by atoms with Gasteiger partial charge in [-0.1, -0.05) is 0 Å². The number of aromatic nitrogens is 2. The van der Waals surface area contributed by atoms with Gasteiger partial charge in [-0.2, -0.15) is 5.10 Å². The number of nitrogens with zero attached hydrogens (tertiary/aromatic N) is 2. The van der Waals surface area contributed by atoms with Crippen LogP contribution in [0.2, 0.25) is 0 Å². The van der Waals surface area contributed by atoms with Crippen LogP contribution in [0.3, 0.4) is 0 Å². The largest absolute Gasteiger partial charge is 0.368 e. The number of nitrogens with two attached hydrogens (primary N) is 1. The molecule has 6 heteroatoms. The second kappa shape index (κ2) is 3.86. The first-order valence-corrected chi connectivity index (χ1v) is 4.64. The zero-order valence-electron chi connectivity index (χ0n) is 6.90. The Morgan fingerprint density at radius 1 is 1.77 bits per heavy atom. The van der Waals surface area contributed by atoms with Crippen molar-refractivity contribution in [2.75, 3.05) is 0 Å². The molecule has 0 aromatic carbocycles. The van der Waals surface area contributed by atoms with Crippen LogP contribution < -0.4 is 11.3 Å². The van der Waals surface area contributed by atoms with Crippen LogP contribution in [-0.2, 0) is 4.79 Å². The fourth-order valence-corrected chi connectivity index (χ4v) is 1.20. The van der Waals surface area contributed by atoms with Gasteiger partial charge in [0.05, 0.1) is 6.20 Å². The number of amides is 1. The van der Waals surface area contributed by atoms with E-state index in [0.29, 0.717) is 0 Å². The average molecular weight is 293 g/mol. The quantitative estimate of drug-likeness (QED) is 0.773. The molecular weight excluding hydrogens is 285 g/mol. The summed E-state index contributed by atoms with van der Waals surface area (Å²) in [5.41, 5.74) is 4.71. The number of carbonyl (C=O) groups excluding carboxylic acids is 1. The Kier molecular flexibility index (Phi) is 3.02. The minimum absolute atomic E-state index is 0.321. The highest BCUT2D eigenvalue weighted by Crippen LogP contribution is 2.00. The van der Waals surface area contributed by atoms with E-state index in [-0.39, 0.29) is 5.56 Å². The van der Waals surface area contributed by atoms with Crippen molar-refractivity contribution in [3.63, 3.8) is 0 Å². The van der Waals surface area contributed by atoms with E-state index in [4.69, 9.17) is 5.73 Å². The monoisotopic (exact) mass is 293 g/mol. The summed E-state index contributed by atoms with van der Waals surface area (Å²) in [5.74, 6) is -0.573. The minimum Gasteiger partial charge on any atom is -0.368 e. The van der Waals surface area contributed by atoms with Crippen LogP contribution in [0.15, 0.2) is 17.1 Å². The lowest BCUT2D eigenvalue weighted by atomic mass is 10.3. The first-order chi connectivity index (χ1) is 6.02. The van der Waals surface area contributed by atoms with Crippen molar-refractivity contribution in [2.45, 2.75) is 13.0 Å². The number of primary amides is 1. The third kappa shape index (κ3) is 2.27. The predicted molar refractivity (Wildman–Crippen MR) is 55.1 cm³/mol. The zero-order valence-corrected chi connectivity index (χ0v) is 9.06. The Hall–Kier alpha value is -0.920. The summed E-state index contributed by atoms with van der Waals surface area (Å²) in [6.07, 6.45) is 1.50. The maximum Gasteiger partial charge on any atom is 0.268 e. The van der Waals surface area contributed by atoms with Gasteiger partial charge in [-0.05, 0) is 29.5 Å². The fraction of sp³-hybridized carbons (Fsp3) is 0.286. The molecule has 0 aliphatic carbocycles. The molecule has 0 saturated heterocycles. The fourth-order valence-electron chi connectivity index (χ4n) is 0.807. The molecule has 1 heterocycles. The van der Waals surface area contributed by atoms with Gasteiger partial charge in [0, 0.05) is 9.64 Å². The smallest absolute Gasteiger partial charge is 0.268 e. The summed E-state index contributed by atoms with van der Waals surface area (Å²) in [4.78, 5) is 22.0. The Balaban J connectivity index is 3.16. The lowest BCUT2D eigenvalue weighted by Gasteiger charge is -2.08. The topological polar surface area (TPSA) is 78.0 Å². The van der Waals surface area contributed by atoms with Crippen molar-refractivity contribution < 1.29 is 4.79 Å². The standard InChI is InChI=1S/C7H8IN3O2/c1-4(7(9)13)11-6(12)2-5(8)3-10-11/h2-4H,1H3,(H2,9,13). The Morgan fingerprint density at radius 2 is 2.38 bits per heavy atom. The lowest BCUT2D eigenvalue weighted by molar-refractivity contribution is -0.121. The van der Waals surface area contributed by atoms with Crippen LogP contribution >= 0.6 is 22.6 Å². The number of carbonyl (C=O) groups is 1. The van der Waals surface area contributed by atoms with E-state index in [2.05, 4.69) is 5.10 Å². The van der Waals surface area contributed by atoms with Crippen LogP contribution in [0.1, 0.15) is 13.0 Å². The van der Waals surface area contributed by atoms with E-state index in [1.165, 1.54) is 19.2 Å². The van der Waals surface area contributed by atoms with Gasteiger partial charge < -0.3 is 5.73 Å². The molecule has 70 valence electrons. The third-order valence-corrected chi connectivity index (χ3v) is 2.16. The highest BCUT2D eigenvalue weighted by Gasteiger charge is 2.12. The summed E-state index contributed by atoms with van der Waals surface area (Å²) < 4.78 is 1.79. The van der Waals surface area contributed by atoms with Crippen molar-refractivity contribution in [3.05, 3.63) is 26.2 Å². The van der Waals surface area contributed by atoms with Crippen LogP contribution in [0.25, 0.3) is 0 Å². The highest BCUT2D eigenvalue weighted by atomic mass is 127. The van der Waals surface area contributed by atoms with Crippen LogP contribution in [0.4, 0.5) is 0 Å². The van der Waals surface area contributed by atoms with Crippen molar-refractivity contribution >= 4 is 28.5 Å². The Bertz CT molecular complexity index is 388. The average Bonchev–Trinajstić information content (AvgIpc) is 2.03. The Labute approximate surface area is 88.1 Å². The maximum absolute atomic E-state index is 11.3. The first kappa shape index (κ1) is 10.2. The second-order valence-corrected chi connectivity index (χ2v) is 3.78. The molecule has 1 atom stereocenters. The van der Waals surface area contributed by atoms with Crippen molar-refractivity contribution in [1.29, 1.82) is 0 Å². The number of hydrogen-bond acceptors (Lipinski definition) is 3. The van der Waals surface area contributed by atoms with E-state index in [1.807, 2.05) is 22.6 Å². The van der Waals surface area contributed by atoms with E-state index < -0.39 is 11.9 Å². The zero-order chi connectivity index (χ0) is 10.0. The molecule has 0 aliphatic rings. The van der Waals surface area contributed by atoms with Gasteiger partial charge in [0.15, 0.2) is 0 Å². The van der Waals surface area contributed by atoms with Gasteiger partial charge >= 0.3 is 0 Å². The summed E-state index contributed by atoms with van der Waals surface area (Å²) in [7, 11) is 0. The van der Waals surface area contributed by atoms with Gasteiger partial charge in [0.2, 0.25) is 5.91 Å². The minimum atomic E-state index is -0.704. The second-order valence-electron chi connectivity index (χ2n) is 2.53. The number of halogens is 1. The molecular formula is C7H8IN3O2. The van der Waals surface area contributed by atoms with E-state index >= 15 is 0 Å². The maximum atomic E-state index is 11.3. The molecule has 1 amide bonds. The van der Waals surface area contributed by atoms with Crippen molar-refractivity contribution in [1.82, 2.24) is 9.78 Å². The molecule has 1 unspecified atom stereocenters. The molecule has 1 rings (SSSR count). The molecule has 13 heavy (non-hydrogen) atoms. The van der Waals surface area contributed by atoms with Gasteiger partial charge in [-0.3, -0.25) is 9.59 Å². The SMILES string of the molecule is CC(C(N)=O)n1ncc(I)cc1=O. The molecule has 0 fully saturated rings. The molecule has 5 nitrogen and oxygen atoms in total. The number of rotatable bonds is 2. The van der Waals surface area contributed by atoms with E-state index in [9.17, 15) is 9.59 Å². The summed E-state index contributed by atoms with van der Waals surface area (Å²) in [5, 5.41) is 3.79. The van der Waals surface area contributed by atoms with Gasteiger partial charge in [-0.15, -0.1) is 0 Å². The molecule has 2 N–H and O–H groups in total. The van der Waals surface area contributed by atoms with Gasteiger partial charge in [-0.25, -0.2) is 4.68 Å². The van der Waals surface area contributed by atoms with Crippen LogP contribution in [0.5, 0.6) is 0 Å². The molecule has 0 bridgehead atoms. The normalized spacial score (nSPS) is 12.5. The number of hydrogen-bond donors (Lipinski definition) is 1. The van der Waals surface area contributed by atoms with Crippen molar-refractivity contribution in [3.8, 4) is 0 Å². The highest BCUT2D eigenvalue weighted by molar-refractivity contribution is 14.1. The van der Waals surface area contributed by atoms with Gasteiger partial charge in [0.25, 0.3) is 5.56 Å². The van der Waals surface area contributed by atoms with E-state index in [0.717, 1.165) is 8.25 Å². The third-order valence-electron chi connectivity index (χ3n) is 1.57. The molecule has 0 spiro atoms. The van der Waals surface area contributed by atoms with Gasteiger partial charge in [0.1, 0.15) is 6.04 Å². The molecule has 0 aliphatic heterocycles. The molecule has 1 aromatic heterocycles. The summed E-state index contributed by atoms with van der Waals surface area (Å²) >= 11 is 1.97. The van der Waals surface area contributed by atoms with Crippen molar-refractivity contribution in [2.24, 2.45) is 5.73 Å². The molecule has 0 saturated carbocycles. The lowest BCUT2D eigenvalue weighted by Crippen LogP contribution is -2.33.